The van der Waals surface area contributed by atoms with Crippen LogP contribution >= 0.6 is 27.7 Å². The number of benzene rings is 1. The molecule has 1 aromatic rings. The van der Waals surface area contributed by atoms with Crippen LogP contribution in [0, 0.1) is 6.92 Å². The minimum atomic E-state index is 1.09. The Kier molecular flexibility index (Phi) is 2.81. The second-order valence-corrected chi connectivity index (χ2v) is 3.72. The zero-order chi connectivity index (χ0) is 7.56. The van der Waals surface area contributed by atoms with Crippen molar-refractivity contribution in [3.05, 3.63) is 35.2 Å². The van der Waals surface area contributed by atoms with Crippen molar-refractivity contribution in [2.24, 2.45) is 0 Å². The molecule has 0 heterocycles. The fraction of sp³-hybridized carbons (Fsp3) is 0.125. The number of hydrogen-bond acceptors (Lipinski definition) is 1. The summed E-state index contributed by atoms with van der Waals surface area (Å²) in [6.07, 6.45) is 2.05. The van der Waals surface area contributed by atoms with E-state index < -0.39 is 0 Å². The Morgan fingerprint density at radius 1 is 1.50 bits per heavy atom. The van der Waals surface area contributed by atoms with Gasteiger partial charge in [-0.15, -0.1) is 11.8 Å². The Morgan fingerprint density at radius 2 is 2.20 bits per heavy atom. The van der Waals surface area contributed by atoms with Crippen LogP contribution in [-0.4, -0.2) is 6.26 Å². The fourth-order valence-corrected chi connectivity index (χ4v) is 1.68. The first-order valence-electron chi connectivity index (χ1n) is 2.89. The van der Waals surface area contributed by atoms with Gasteiger partial charge in [0, 0.05) is 9.37 Å². The number of rotatable bonds is 1. The number of thioether (sulfide) groups is 1. The van der Waals surface area contributed by atoms with Gasteiger partial charge in [-0.25, -0.2) is 0 Å². The minimum Gasteiger partial charge on any atom is -0.129 e. The fourth-order valence-electron chi connectivity index (χ4n) is 0.747. The quantitative estimate of drug-likeness (QED) is 0.648. The highest BCUT2D eigenvalue weighted by molar-refractivity contribution is 9.10. The standard InChI is InChI=1S/C8H8BrS/c1-6-5-7(9)3-4-8(6)10-2/h3-5H,1H2,2H3. The highest BCUT2D eigenvalue weighted by Gasteiger charge is 1.94. The van der Waals surface area contributed by atoms with E-state index in [0.29, 0.717) is 0 Å². The Hall–Kier alpha value is 0.0500. The van der Waals surface area contributed by atoms with Gasteiger partial charge in [-0.3, -0.25) is 0 Å². The van der Waals surface area contributed by atoms with Crippen molar-refractivity contribution in [1.82, 2.24) is 0 Å². The van der Waals surface area contributed by atoms with E-state index in [2.05, 4.69) is 35.2 Å². The molecule has 2 heteroatoms. The molecule has 0 spiro atoms. The highest BCUT2D eigenvalue weighted by Crippen LogP contribution is 2.22. The van der Waals surface area contributed by atoms with Crippen LogP contribution in [0.1, 0.15) is 5.56 Å². The molecule has 0 fully saturated rings. The minimum absolute atomic E-state index is 1.09. The summed E-state index contributed by atoms with van der Waals surface area (Å²) >= 11 is 5.10. The first kappa shape index (κ1) is 8.15. The zero-order valence-corrected chi connectivity index (χ0v) is 8.13. The lowest BCUT2D eigenvalue weighted by atomic mass is 10.2. The van der Waals surface area contributed by atoms with E-state index in [-0.39, 0.29) is 0 Å². The molecule has 0 bridgehead atoms. The molecule has 0 aromatic heterocycles. The van der Waals surface area contributed by atoms with Gasteiger partial charge in [-0.2, -0.15) is 0 Å². The summed E-state index contributed by atoms with van der Waals surface area (Å²) in [5.41, 5.74) is 1.09. The summed E-state index contributed by atoms with van der Waals surface area (Å²) in [5.74, 6) is 0. The largest absolute Gasteiger partial charge is 0.129 e. The van der Waals surface area contributed by atoms with Crippen molar-refractivity contribution in [3.8, 4) is 0 Å². The van der Waals surface area contributed by atoms with Gasteiger partial charge < -0.3 is 0 Å². The van der Waals surface area contributed by atoms with Crippen molar-refractivity contribution in [1.29, 1.82) is 0 Å². The second kappa shape index (κ2) is 3.44. The molecule has 1 radical (unpaired) electrons. The van der Waals surface area contributed by atoms with Gasteiger partial charge in [0.2, 0.25) is 0 Å². The van der Waals surface area contributed by atoms with Gasteiger partial charge in [-0.1, -0.05) is 15.9 Å². The van der Waals surface area contributed by atoms with Gasteiger partial charge in [0.05, 0.1) is 0 Å². The molecule has 0 aliphatic carbocycles. The van der Waals surface area contributed by atoms with Crippen LogP contribution in [0.2, 0.25) is 0 Å². The first-order chi connectivity index (χ1) is 4.74. The van der Waals surface area contributed by atoms with Crippen LogP contribution in [-0.2, 0) is 0 Å². The molecule has 1 aromatic carbocycles. The predicted octanol–water partition coefficient (Wildman–Crippen LogP) is 3.35. The zero-order valence-electron chi connectivity index (χ0n) is 5.73. The van der Waals surface area contributed by atoms with Gasteiger partial charge in [-0.05, 0) is 36.9 Å². The van der Waals surface area contributed by atoms with Crippen molar-refractivity contribution in [2.75, 3.05) is 6.26 Å². The van der Waals surface area contributed by atoms with Crippen LogP contribution in [0.5, 0.6) is 0 Å². The lowest BCUT2D eigenvalue weighted by Crippen LogP contribution is -1.76. The molecule has 0 N–H and O–H groups in total. The number of halogens is 1. The Morgan fingerprint density at radius 3 is 2.70 bits per heavy atom. The van der Waals surface area contributed by atoms with E-state index in [0.717, 1.165) is 10.0 Å². The van der Waals surface area contributed by atoms with Crippen LogP contribution < -0.4 is 0 Å². The summed E-state index contributed by atoms with van der Waals surface area (Å²) in [7, 11) is 0. The Labute approximate surface area is 74.2 Å². The van der Waals surface area contributed by atoms with Crippen LogP contribution in [0.3, 0.4) is 0 Å². The third kappa shape index (κ3) is 1.77. The highest BCUT2D eigenvalue weighted by atomic mass is 79.9. The first-order valence-corrected chi connectivity index (χ1v) is 4.91. The van der Waals surface area contributed by atoms with Gasteiger partial charge in [0.1, 0.15) is 0 Å². The molecule has 0 aliphatic heterocycles. The summed E-state index contributed by atoms with van der Waals surface area (Å²) in [6.45, 7) is 3.90. The second-order valence-electron chi connectivity index (χ2n) is 1.96. The van der Waals surface area contributed by atoms with Gasteiger partial charge in [0.25, 0.3) is 0 Å². The lowest BCUT2D eigenvalue weighted by molar-refractivity contribution is 1.38. The number of hydrogen-bond donors (Lipinski definition) is 0. The molecular formula is C8H8BrS. The van der Waals surface area contributed by atoms with Gasteiger partial charge in [0.15, 0.2) is 0 Å². The average Bonchev–Trinajstić information content (AvgIpc) is 1.88. The molecule has 1 rings (SSSR count). The van der Waals surface area contributed by atoms with Crippen molar-refractivity contribution in [3.63, 3.8) is 0 Å². The molecular weight excluding hydrogens is 208 g/mol. The maximum Gasteiger partial charge on any atom is 0.0178 e. The maximum atomic E-state index is 3.90. The van der Waals surface area contributed by atoms with E-state index in [1.54, 1.807) is 11.8 Å². The molecule has 0 saturated carbocycles. The monoisotopic (exact) mass is 215 g/mol. The predicted molar refractivity (Wildman–Crippen MR) is 50.4 cm³/mol. The third-order valence-corrected chi connectivity index (χ3v) is 2.57. The van der Waals surface area contributed by atoms with E-state index in [4.69, 9.17) is 0 Å². The van der Waals surface area contributed by atoms with E-state index in [9.17, 15) is 0 Å². The van der Waals surface area contributed by atoms with E-state index >= 15 is 0 Å². The summed E-state index contributed by atoms with van der Waals surface area (Å²) in [5, 5.41) is 0. The Balaban J connectivity index is 3.07. The van der Waals surface area contributed by atoms with E-state index in [1.807, 2.05) is 12.1 Å². The topological polar surface area (TPSA) is 0 Å². The van der Waals surface area contributed by atoms with Crippen molar-refractivity contribution in [2.45, 2.75) is 4.90 Å². The lowest BCUT2D eigenvalue weighted by Gasteiger charge is -2.00. The SMILES string of the molecule is [CH2]c1cc(Br)ccc1SC. The average molecular weight is 216 g/mol. The molecule has 0 atom stereocenters. The van der Waals surface area contributed by atoms with Crippen molar-refractivity contribution >= 4 is 27.7 Å². The summed E-state index contributed by atoms with van der Waals surface area (Å²) < 4.78 is 1.09. The van der Waals surface area contributed by atoms with Crippen LogP contribution in [0.25, 0.3) is 0 Å². The molecule has 0 saturated heterocycles. The summed E-state index contributed by atoms with van der Waals surface area (Å²) in [4.78, 5) is 1.24. The van der Waals surface area contributed by atoms with Crippen LogP contribution in [0.15, 0.2) is 27.6 Å². The molecule has 10 heavy (non-hydrogen) atoms. The molecule has 0 nitrogen and oxygen atoms in total. The third-order valence-electron chi connectivity index (χ3n) is 1.24. The smallest absolute Gasteiger partial charge is 0.0178 e. The molecule has 53 valence electrons. The van der Waals surface area contributed by atoms with Crippen LogP contribution in [0.4, 0.5) is 0 Å². The van der Waals surface area contributed by atoms with Crippen molar-refractivity contribution < 1.29 is 0 Å². The molecule has 0 unspecified atom stereocenters. The summed E-state index contributed by atoms with van der Waals surface area (Å²) in [6, 6.07) is 6.11. The Bertz CT molecular complexity index is 233. The molecule has 0 amide bonds. The van der Waals surface area contributed by atoms with E-state index in [1.165, 1.54) is 4.90 Å². The maximum absolute atomic E-state index is 3.90. The van der Waals surface area contributed by atoms with Gasteiger partial charge >= 0.3 is 0 Å². The molecule has 0 aliphatic rings. The normalized spacial score (nSPS) is 9.90.